The van der Waals surface area contributed by atoms with Crippen LogP contribution in [0.15, 0.2) is 24.3 Å². The van der Waals surface area contributed by atoms with E-state index in [0.29, 0.717) is 11.7 Å². The number of hydrogen-bond donors (Lipinski definition) is 1. The Morgan fingerprint density at radius 1 is 1.41 bits per heavy atom. The van der Waals surface area contributed by atoms with Gasteiger partial charge in [0.15, 0.2) is 0 Å². The van der Waals surface area contributed by atoms with Crippen LogP contribution in [0, 0.1) is 5.92 Å². The fourth-order valence-corrected chi connectivity index (χ4v) is 3.68. The van der Waals surface area contributed by atoms with Crippen molar-refractivity contribution < 1.29 is 8.95 Å². The Balaban J connectivity index is 2.17. The summed E-state index contributed by atoms with van der Waals surface area (Å²) in [6, 6.07) is 8.17. The molecule has 0 bridgehead atoms. The predicted molar refractivity (Wildman–Crippen MR) is 70.8 cm³/mol. The smallest absolute Gasteiger partial charge is 0.119 e. The van der Waals surface area contributed by atoms with Gasteiger partial charge in [0.05, 0.1) is 7.11 Å². The van der Waals surface area contributed by atoms with E-state index in [1.165, 1.54) is 0 Å². The van der Waals surface area contributed by atoms with Crippen molar-refractivity contribution >= 4 is 10.8 Å². The number of rotatable bonds is 2. The van der Waals surface area contributed by atoms with Crippen molar-refractivity contribution in [1.29, 1.82) is 0 Å². The number of ether oxygens (including phenoxy) is 1. The largest absolute Gasteiger partial charge is 0.497 e. The molecule has 1 aromatic carbocycles. The van der Waals surface area contributed by atoms with E-state index in [0.717, 1.165) is 23.6 Å². The van der Waals surface area contributed by atoms with Crippen LogP contribution in [0.5, 0.6) is 5.75 Å². The first kappa shape index (κ1) is 12.6. The second-order valence-corrected chi connectivity index (χ2v) is 6.16. The van der Waals surface area contributed by atoms with E-state index in [1.807, 2.05) is 18.2 Å². The number of hydrogen-bond acceptors (Lipinski definition) is 3. The zero-order chi connectivity index (χ0) is 12.3. The maximum absolute atomic E-state index is 11.9. The Morgan fingerprint density at radius 3 is 3.00 bits per heavy atom. The van der Waals surface area contributed by atoms with Gasteiger partial charge in [-0.05, 0) is 30.2 Å². The summed E-state index contributed by atoms with van der Waals surface area (Å²) in [6.07, 6.45) is 0. The lowest BCUT2D eigenvalue weighted by Gasteiger charge is -2.16. The molecular weight excluding hydrogens is 234 g/mol. The minimum atomic E-state index is -0.730. The Morgan fingerprint density at radius 2 is 2.24 bits per heavy atom. The van der Waals surface area contributed by atoms with Gasteiger partial charge in [0.25, 0.3) is 0 Å². The van der Waals surface area contributed by atoms with Gasteiger partial charge in [-0.15, -0.1) is 0 Å². The van der Waals surface area contributed by atoms with Crippen LogP contribution >= 0.6 is 0 Å². The first-order valence-electron chi connectivity index (χ1n) is 5.91. The molecule has 1 aliphatic rings. The Labute approximate surface area is 105 Å². The standard InChI is InChI=1S/C13H19NO2S/c1-10-7-14-13(9-17(15)8-10)11-4-3-5-12(6-11)16-2/h3-6,10,13-14H,7-9H2,1-2H3. The van der Waals surface area contributed by atoms with Crippen molar-refractivity contribution in [3.05, 3.63) is 29.8 Å². The molecule has 1 N–H and O–H groups in total. The molecule has 1 aliphatic heterocycles. The summed E-state index contributed by atoms with van der Waals surface area (Å²) in [5.74, 6) is 2.82. The second-order valence-electron chi connectivity index (χ2n) is 4.62. The van der Waals surface area contributed by atoms with Crippen molar-refractivity contribution in [2.75, 3.05) is 25.2 Å². The summed E-state index contributed by atoms with van der Waals surface area (Å²) >= 11 is 0. The zero-order valence-corrected chi connectivity index (χ0v) is 11.1. The van der Waals surface area contributed by atoms with E-state index < -0.39 is 10.8 Å². The molecule has 3 atom stereocenters. The van der Waals surface area contributed by atoms with Crippen LogP contribution < -0.4 is 10.1 Å². The van der Waals surface area contributed by atoms with E-state index in [2.05, 4.69) is 18.3 Å². The third kappa shape index (κ3) is 3.30. The Bertz CT molecular complexity index is 408. The van der Waals surface area contributed by atoms with Crippen LogP contribution in [0.1, 0.15) is 18.5 Å². The van der Waals surface area contributed by atoms with Crippen LogP contribution in [-0.2, 0) is 10.8 Å². The fraction of sp³-hybridized carbons (Fsp3) is 0.538. The molecule has 4 heteroatoms. The maximum atomic E-state index is 11.9. The molecule has 17 heavy (non-hydrogen) atoms. The van der Waals surface area contributed by atoms with Crippen LogP contribution in [0.4, 0.5) is 0 Å². The average molecular weight is 253 g/mol. The Hall–Kier alpha value is -0.870. The van der Waals surface area contributed by atoms with Crippen molar-refractivity contribution in [3.63, 3.8) is 0 Å². The molecule has 1 heterocycles. The van der Waals surface area contributed by atoms with Gasteiger partial charge < -0.3 is 10.1 Å². The monoisotopic (exact) mass is 253 g/mol. The van der Waals surface area contributed by atoms with Gasteiger partial charge in [0.2, 0.25) is 0 Å². The number of nitrogens with one attached hydrogen (secondary N) is 1. The summed E-state index contributed by atoms with van der Waals surface area (Å²) < 4.78 is 17.1. The first-order valence-corrected chi connectivity index (χ1v) is 7.40. The summed E-state index contributed by atoms with van der Waals surface area (Å²) in [6.45, 7) is 3.06. The van der Waals surface area contributed by atoms with Crippen molar-refractivity contribution in [2.24, 2.45) is 5.92 Å². The summed E-state index contributed by atoms with van der Waals surface area (Å²) in [5.41, 5.74) is 1.16. The third-order valence-corrected chi connectivity index (χ3v) is 4.68. The third-order valence-electron chi connectivity index (χ3n) is 3.03. The van der Waals surface area contributed by atoms with E-state index >= 15 is 0 Å². The SMILES string of the molecule is COc1cccc(C2CS(=O)CC(C)CN2)c1. The highest BCUT2D eigenvalue weighted by Crippen LogP contribution is 2.22. The summed E-state index contributed by atoms with van der Waals surface area (Å²) in [7, 11) is 0.936. The number of methoxy groups -OCH3 is 1. The van der Waals surface area contributed by atoms with Crippen molar-refractivity contribution in [2.45, 2.75) is 13.0 Å². The van der Waals surface area contributed by atoms with Crippen molar-refractivity contribution in [1.82, 2.24) is 5.32 Å². The van der Waals surface area contributed by atoms with E-state index in [1.54, 1.807) is 7.11 Å². The van der Waals surface area contributed by atoms with Gasteiger partial charge in [-0.25, -0.2) is 0 Å². The van der Waals surface area contributed by atoms with Gasteiger partial charge in [0.1, 0.15) is 5.75 Å². The van der Waals surface area contributed by atoms with Crippen LogP contribution in [0.25, 0.3) is 0 Å². The maximum Gasteiger partial charge on any atom is 0.119 e. The molecule has 3 nitrogen and oxygen atoms in total. The molecular formula is C13H19NO2S. The summed E-state index contributed by atoms with van der Waals surface area (Å²) in [5, 5.41) is 3.48. The topological polar surface area (TPSA) is 38.3 Å². The van der Waals surface area contributed by atoms with Crippen LogP contribution in [-0.4, -0.2) is 29.4 Å². The summed E-state index contributed by atoms with van der Waals surface area (Å²) in [4.78, 5) is 0. The molecule has 94 valence electrons. The van der Waals surface area contributed by atoms with Gasteiger partial charge in [-0.3, -0.25) is 4.21 Å². The normalized spacial score (nSPS) is 29.6. The lowest BCUT2D eigenvalue weighted by Crippen LogP contribution is -2.25. The van der Waals surface area contributed by atoms with Crippen LogP contribution in [0.2, 0.25) is 0 Å². The van der Waals surface area contributed by atoms with Gasteiger partial charge in [-0.1, -0.05) is 19.1 Å². The van der Waals surface area contributed by atoms with E-state index in [4.69, 9.17) is 4.74 Å². The minimum Gasteiger partial charge on any atom is -0.497 e. The molecule has 0 spiro atoms. The highest BCUT2D eigenvalue weighted by Gasteiger charge is 2.21. The molecule has 0 radical (unpaired) electrons. The predicted octanol–water partition coefficient (Wildman–Crippen LogP) is 1.72. The average Bonchev–Trinajstić information content (AvgIpc) is 2.50. The van der Waals surface area contributed by atoms with E-state index in [9.17, 15) is 4.21 Å². The molecule has 0 saturated carbocycles. The first-order chi connectivity index (χ1) is 8.19. The second kappa shape index (κ2) is 5.65. The zero-order valence-electron chi connectivity index (χ0n) is 10.3. The Kier molecular flexibility index (Phi) is 4.18. The minimum absolute atomic E-state index is 0.177. The van der Waals surface area contributed by atoms with Gasteiger partial charge >= 0.3 is 0 Å². The molecule has 0 amide bonds. The fourth-order valence-electron chi connectivity index (χ4n) is 2.10. The molecule has 3 unspecified atom stereocenters. The highest BCUT2D eigenvalue weighted by atomic mass is 32.2. The lowest BCUT2D eigenvalue weighted by molar-refractivity contribution is 0.413. The number of benzene rings is 1. The molecule has 1 saturated heterocycles. The molecule has 2 rings (SSSR count). The van der Waals surface area contributed by atoms with E-state index in [-0.39, 0.29) is 6.04 Å². The molecule has 0 aromatic heterocycles. The van der Waals surface area contributed by atoms with Crippen molar-refractivity contribution in [3.8, 4) is 5.75 Å². The van der Waals surface area contributed by atoms with Gasteiger partial charge in [-0.2, -0.15) is 0 Å². The highest BCUT2D eigenvalue weighted by molar-refractivity contribution is 7.85. The molecule has 1 fully saturated rings. The van der Waals surface area contributed by atoms with Crippen LogP contribution in [0.3, 0.4) is 0 Å². The molecule has 0 aliphatic carbocycles. The quantitative estimate of drug-likeness (QED) is 0.872. The van der Waals surface area contributed by atoms with Gasteiger partial charge in [0, 0.05) is 28.3 Å². The lowest BCUT2D eigenvalue weighted by atomic mass is 10.1. The molecule has 1 aromatic rings.